The summed E-state index contributed by atoms with van der Waals surface area (Å²) < 4.78 is 0. The second kappa shape index (κ2) is 7.28. The van der Waals surface area contributed by atoms with Crippen molar-refractivity contribution >= 4 is 11.8 Å². The van der Waals surface area contributed by atoms with Crippen LogP contribution in [-0.4, -0.2) is 42.9 Å². The molecule has 82 valence electrons. The Morgan fingerprint density at radius 3 is 1.64 bits per heavy atom. The number of carbonyl (C=O) groups excluding carboxylic acids is 2. The van der Waals surface area contributed by atoms with Gasteiger partial charge in [0.1, 0.15) is 0 Å². The summed E-state index contributed by atoms with van der Waals surface area (Å²) in [4.78, 5) is 22.9. The molecule has 0 saturated heterocycles. The molecule has 0 aliphatic carbocycles. The van der Waals surface area contributed by atoms with E-state index in [0.29, 0.717) is 26.2 Å². The van der Waals surface area contributed by atoms with Gasteiger partial charge in [-0.15, -0.1) is 0 Å². The first-order valence-corrected chi connectivity index (χ1v) is 4.55. The average Bonchev–Trinajstić information content (AvgIpc) is 2.09. The molecule has 0 atom stereocenters. The lowest BCUT2D eigenvalue weighted by atomic mass is 10.3. The topological polar surface area (TPSA) is 115 Å². The number of amides is 2. The van der Waals surface area contributed by atoms with Gasteiger partial charge in [0.25, 0.3) is 0 Å². The molecule has 2 amide bonds. The van der Waals surface area contributed by atoms with E-state index in [1.54, 1.807) is 0 Å². The van der Waals surface area contributed by atoms with Gasteiger partial charge in [-0.1, -0.05) is 0 Å². The summed E-state index contributed by atoms with van der Waals surface area (Å²) in [5.74, 6) is -0.711. The molecule has 6 nitrogen and oxygen atoms in total. The normalized spacial score (nSPS) is 10.4. The number of rotatable bonds is 8. The largest absolute Gasteiger partial charge is 0.370 e. The van der Waals surface area contributed by atoms with Gasteiger partial charge in [-0.2, -0.15) is 0 Å². The second-order valence-corrected chi connectivity index (χ2v) is 3.06. The van der Waals surface area contributed by atoms with E-state index in [1.165, 1.54) is 0 Å². The zero-order chi connectivity index (χ0) is 11.0. The van der Waals surface area contributed by atoms with Gasteiger partial charge in [0.15, 0.2) is 0 Å². The first-order chi connectivity index (χ1) is 6.56. The molecular weight excluding hydrogens is 184 g/mol. The van der Waals surface area contributed by atoms with Crippen LogP contribution in [0.5, 0.6) is 0 Å². The first kappa shape index (κ1) is 12.9. The molecule has 0 rings (SSSR count). The van der Waals surface area contributed by atoms with E-state index in [9.17, 15) is 9.59 Å². The zero-order valence-electron chi connectivity index (χ0n) is 8.24. The van der Waals surface area contributed by atoms with E-state index < -0.39 is 0 Å². The van der Waals surface area contributed by atoms with Gasteiger partial charge in [-0.3, -0.25) is 9.59 Å². The molecule has 0 fully saturated rings. The van der Waals surface area contributed by atoms with Crippen LogP contribution in [0, 0.1) is 0 Å². The van der Waals surface area contributed by atoms with Gasteiger partial charge in [-0.05, 0) is 0 Å². The van der Waals surface area contributed by atoms with Gasteiger partial charge in [-0.25, -0.2) is 0 Å². The summed E-state index contributed by atoms with van der Waals surface area (Å²) in [5, 5.41) is 0. The molecule has 0 unspecified atom stereocenters. The maximum absolute atomic E-state index is 10.5. The summed E-state index contributed by atoms with van der Waals surface area (Å²) in [6, 6.07) is 0. The fourth-order valence-electron chi connectivity index (χ4n) is 1.05. The Kier molecular flexibility index (Phi) is 6.69. The Morgan fingerprint density at radius 1 is 0.929 bits per heavy atom. The number of primary amides is 2. The van der Waals surface area contributed by atoms with Gasteiger partial charge < -0.3 is 22.1 Å². The van der Waals surface area contributed by atoms with Crippen LogP contribution in [0.1, 0.15) is 12.8 Å². The van der Waals surface area contributed by atoms with Crippen molar-refractivity contribution in [3.63, 3.8) is 0 Å². The van der Waals surface area contributed by atoms with E-state index >= 15 is 0 Å². The minimum Gasteiger partial charge on any atom is -0.370 e. The standard InChI is InChI=1S/C8H18N4O2/c9-3-6-12(4-1-7(10)13)5-2-8(11)14/h1-6,9H2,(H2,10,13)(H2,11,14). The summed E-state index contributed by atoms with van der Waals surface area (Å²) in [5.41, 5.74) is 15.4. The predicted molar refractivity (Wildman–Crippen MR) is 53.1 cm³/mol. The van der Waals surface area contributed by atoms with Gasteiger partial charge in [0.2, 0.25) is 11.8 Å². The molecule has 6 N–H and O–H groups in total. The molecule has 14 heavy (non-hydrogen) atoms. The third-order valence-electron chi connectivity index (χ3n) is 1.79. The lowest BCUT2D eigenvalue weighted by Gasteiger charge is -2.19. The van der Waals surface area contributed by atoms with Crippen LogP contribution >= 0.6 is 0 Å². The van der Waals surface area contributed by atoms with Crippen molar-refractivity contribution in [2.75, 3.05) is 26.2 Å². The van der Waals surface area contributed by atoms with Crippen LogP contribution in [0.3, 0.4) is 0 Å². The number of hydrogen-bond donors (Lipinski definition) is 3. The minimum atomic E-state index is -0.355. The highest BCUT2D eigenvalue weighted by molar-refractivity contribution is 5.74. The summed E-state index contributed by atoms with van der Waals surface area (Å²) in [6.45, 7) is 2.18. The highest BCUT2D eigenvalue weighted by atomic mass is 16.1. The van der Waals surface area contributed by atoms with Crippen molar-refractivity contribution in [1.29, 1.82) is 0 Å². The maximum atomic E-state index is 10.5. The fraction of sp³-hybridized carbons (Fsp3) is 0.750. The van der Waals surface area contributed by atoms with Crippen molar-refractivity contribution in [2.24, 2.45) is 17.2 Å². The molecule has 0 heterocycles. The van der Waals surface area contributed by atoms with Crippen molar-refractivity contribution in [3.8, 4) is 0 Å². The fourth-order valence-corrected chi connectivity index (χ4v) is 1.05. The molecule has 0 saturated carbocycles. The third kappa shape index (κ3) is 7.51. The first-order valence-electron chi connectivity index (χ1n) is 4.55. The predicted octanol–water partition coefficient (Wildman–Crippen LogP) is -2.00. The van der Waals surface area contributed by atoms with E-state index in [2.05, 4.69) is 0 Å². The summed E-state index contributed by atoms with van der Waals surface area (Å²) in [6.07, 6.45) is 0.553. The SMILES string of the molecule is NCCN(CCC(N)=O)CCC(N)=O. The molecule has 0 radical (unpaired) electrons. The van der Waals surface area contributed by atoms with Crippen LogP contribution in [0.25, 0.3) is 0 Å². The molecule has 0 aromatic heterocycles. The van der Waals surface area contributed by atoms with Crippen LogP contribution in [0.2, 0.25) is 0 Å². The molecule has 0 aliphatic rings. The third-order valence-corrected chi connectivity index (χ3v) is 1.79. The Labute approximate surface area is 83.4 Å². The van der Waals surface area contributed by atoms with E-state index in [1.807, 2.05) is 4.90 Å². The van der Waals surface area contributed by atoms with Gasteiger partial charge in [0.05, 0.1) is 0 Å². The number of hydrogen-bond acceptors (Lipinski definition) is 4. The zero-order valence-corrected chi connectivity index (χ0v) is 8.24. The quantitative estimate of drug-likeness (QED) is 0.422. The van der Waals surface area contributed by atoms with E-state index in [4.69, 9.17) is 17.2 Å². The Balaban J connectivity index is 3.76. The highest BCUT2D eigenvalue weighted by Crippen LogP contribution is 1.92. The van der Waals surface area contributed by atoms with Crippen LogP contribution in [0.4, 0.5) is 0 Å². The lowest BCUT2D eigenvalue weighted by Crippen LogP contribution is -2.35. The summed E-state index contributed by atoms with van der Waals surface area (Å²) in [7, 11) is 0. The minimum absolute atomic E-state index is 0.277. The average molecular weight is 202 g/mol. The molecule has 6 heteroatoms. The van der Waals surface area contributed by atoms with Crippen molar-refractivity contribution in [2.45, 2.75) is 12.8 Å². The number of carbonyl (C=O) groups is 2. The number of nitrogens with two attached hydrogens (primary N) is 3. The van der Waals surface area contributed by atoms with Crippen molar-refractivity contribution < 1.29 is 9.59 Å². The molecule has 0 aromatic rings. The van der Waals surface area contributed by atoms with Crippen LogP contribution in [0.15, 0.2) is 0 Å². The highest BCUT2D eigenvalue weighted by Gasteiger charge is 2.06. The molecule has 0 aromatic carbocycles. The second-order valence-electron chi connectivity index (χ2n) is 3.06. The lowest BCUT2D eigenvalue weighted by molar-refractivity contribution is -0.118. The van der Waals surface area contributed by atoms with Gasteiger partial charge >= 0.3 is 0 Å². The molecule has 0 bridgehead atoms. The number of nitrogens with zero attached hydrogens (tertiary/aromatic N) is 1. The van der Waals surface area contributed by atoms with E-state index in [0.717, 1.165) is 0 Å². The molecule has 0 aliphatic heterocycles. The van der Waals surface area contributed by atoms with Gasteiger partial charge in [0, 0.05) is 39.0 Å². The van der Waals surface area contributed by atoms with Crippen LogP contribution < -0.4 is 17.2 Å². The van der Waals surface area contributed by atoms with Crippen molar-refractivity contribution in [3.05, 3.63) is 0 Å². The summed E-state index contributed by atoms with van der Waals surface area (Å²) >= 11 is 0. The monoisotopic (exact) mass is 202 g/mol. The Bertz CT molecular complexity index is 178. The molecular formula is C8H18N4O2. The Hall–Kier alpha value is -1.14. The molecule has 0 spiro atoms. The van der Waals surface area contributed by atoms with Crippen molar-refractivity contribution in [1.82, 2.24) is 4.90 Å². The van der Waals surface area contributed by atoms with E-state index in [-0.39, 0.29) is 24.7 Å². The Morgan fingerprint density at radius 2 is 1.36 bits per heavy atom. The maximum Gasteiger partial charge on any atom is 0.218 e. The van der Waals surface area contributed by atoms with Crippen LogP contribution in [-0.2, 0) is 9.59 Å². The smallest absolute Gasteiger partial charge is 0.218 e.